The number of amides is 1. The van der Waals surface area contributed by atoms with Gasteiger partial charge >= 0.3 is 6.18 Å². The Labute approximate surface area is 158 Å². The van der Waals surface area contributed by atoms with Crippen molar-refractivity contribution in [2.75, 3.05) is 19.7 Å². The van der Waals surface area contributed by atoms with E-state index in [1.165, 1.54) is 12.2 Å². The number of hydrogen-bond acceptors (Lipinski definition) is 4. The van der Waals surface area contributed by atoms with Gasteiger partial charge in [-0.15, -0.1) is 0 Å². The van der Waals surface area contributed by atoms with E-state index in [1.807, 2.05) is 5.01 Å². The third kappa shape index (κ3) is 6.93. The summed E-state index contributed by atoms with van der Waals surface area (Å²) in [4.78, 5) is 12.5. The van der Waals surface area contributed by atoms with Crippen LogP contribution in [0.25, 0.3) is 0 Å². The quantitative estimate of drug-likeness (QED) is 0.398. The molecule has 1 aliphatic heterocycles. The van der Waals surface area contributed by atoms with Crippen LogP contribution < -0.4 is 11.2 Å². The molecule has 0 unspecified atom stereocenters. The Morgan fingerprint density at radius 3 is 2.37 bits per heavy atom. The Balaban J connectivity index is 2.22. The average Bonchev–Trinajstić information content (AvgIpc) is 3.13. The number of hydrazine groups is 1. The first kappa shape index (κ1) is 21.3. The summed E-state index contributed by atoms with van der Waals surface area (Å²) in [5.41, 5.74) is 9.38. The van der Waals surface area contributed by atoms with Crippen LogP contribution in [0.2, 0.25) is 0 Å². The molecule has 0 aromatic heterocycles. The molecule has 1 saturated heterocycles. The Bertz CT molecular complexity index is 587. The molecule has 1 aliphatic carbocycles. The standard InChI is InChI=1S/C19H28F3N3O2/c1-2-14(18(26)24-25-10-6-7-11-25)12-16(15-8-4-3-5-9-15)17(23)27-13-19(20,21)22/h2,12,15H,1,3-11,13,23H2,(H,24,26)/b14-12+,17-16-. The molecule has 0 radical (unpaired) electrons. The van der Waals surface area contributed by atoms with Crippen LogP contribution in [-0.2, 0) is 9.53 Å². The molecule has 0 aromatic rings. The summed E-state index contributed by atoms with van der Waals surface area (Å²) in [6.45, 7) is 3.77. The lowest BCUT2D eigenvalue weighted by Crippen LogP contribution is -2.40. The van der Waals surface area contributed by atoms with Gasteiger partial charge in [-0.3, -0.25) is 10.2 Å². The normalized spacial score (nSPS) is 20.9. The van der Waals surface area contributed by atoms with Crippen LogP contribution in [0.3, 0.4) is 0 Å². The lowest BCUT2D eigenvalue weighted by atomic mass is 9.83. The minimum absolute atomic E-state index is 0.0264. The first-order valence-corrected chi connectivity index (χ1v) is 9.39. The van der Waals surface area contributed by atoms with E-state index in [9.17, 15) is 18.0 Å². The molecule has 0 bridgehead atoms. The van der Waals surface area contributed by atoms with Gasteiger partial charge in [0, 0.05) is 24.2 Å². The second-order valence-corrected chi connectivity index (χ2v) is 7.00. The molecule has 152 valence electrons. The summed E-state index contributed by atoms with van der Waals surface area (Å²) >= 11 is 0. The molecule has 27 heavy (non-hydrogen) atoms. The first-order valence-electron chi connectivity index (χ1n) is 9.39. The molecule has 1 amide bonds. The van der Waals surface area contributed by atoms with Crippen molar-refractivity contribution in [3.05, 3.63) is 35.8 Å². The van der Waals surface area contributed by atoms with Crippen LogP contribution in [0.5, 0.6) is 0 Å². The Kier molecular flexibility index (Phi) is 7.77. The van der Waals surface area contributed by atoms with Crippen LogP contribution in [0.15, 0.2) is 35.8 Å². The summed E-state index contributed by atoms with van der Waals surface area (Å²) in [6.07, 6.45) is 5.11. The Hall–Kier alpha value is -1.96. The van der Waals surface area contributed by atoms with Gasteiger partial charge < -0.3 is 10.5 Å². The van der Waals surface area contributed by atoms with Crippen molar-refractivity contribution in [3.63, 3.8) is 0 Å². The Morgan fingerprint density at radius 2 is 1.81 bits per heavy atom. The maximum atomic E-state index is 12.5. The summed E-state index contributed by atoms with van der Waals surface area (Å²) < 4.78 is 42.3. The Morgan fingerprint density at radius 1 is 1.19 bits per heavy atom. The lowest BCUT2D eigenvalue weighted by Gasteiger charge is -2.25. The number of hydrogen-bond donors (Lipinski definition) is 2. The number of ether oxygens (including phenoxy) is 1. The van der Waals surface area contributed by atoms with Crippen LogP contribution in [0, 0.1) is 5.92 Å². The SMILES string of the molecule is C=C/C(=C\C(=C(/N)OCC(F)(F)F)C1CCCCC1)C(=O)NN1CCCC1. The zero-order valence-corrected chi connectivity index (χ0v) is 15.5. The molecule has 1 saturated carbocycles. The summed E-state index contributed by atoms with van der Waals surface area (Å²) in [5, 5.41) is 1.83. The van der Waals surface area contributed by atoms with Crippen molar-refractivity contribution in [2.24, 2.45) is 11.7 Å². The van der Waals surface area contributed by atoms with Crippen molar-refractivity contribution < 1.29 is 22.7 Å². The molecule has 0 aromatic carbocycles. The number of alkyl halides is 3. The van der Waals surface area contributed by atoms with Crippen LogP contribution >= 0.6 is 0 Å². The minimum atomic E-state index is -4.47. The highest BCUT2D eigenvalue weighted by Crippen LogP contribution is 2.32. The van der Waals surface area contributed by atoms with Crippen molar-refractivity contribution in [3.8, 4) is 0 Å². The largest absolute Gasteiger partial charge is 0.470 e. The lowest BCUT2D eigenvalue weighted by molar-refractivity contribution is -0.165. The van der Waals surface area contributed by atoms with Gasteiger partial charge in [-0.1, -0.05) is 31.9 Å². The van der Waals surface area contributed by atoms with Gasteiger partial charge in [0.15, 0.2) is 12.5 Å². The number of halogens is 3. The number of nitrogens with zero attached hydrogens (tertiary/aromatic N) is 1. The zero-order chi connectivity index (χ0) is 19.9. The molecule has 0 spiro atoms. The number of carbonyl (C=O) groups excluding carboxylic acids is 1. The van der Waals surface area contributed by atoms with Crippen LogP contribution in [-0.4, -0.2) is 36.8 Å². The summed E-state index contributed by atoms with van der Waals surface area (Å²) in [6, 6.07) is 0. The number of allylic oxidation sites excluding steroid dienone is 2. The molecule has 1 heterocycles. The van der Waals surface area contributed by atoms with E-state index in [0.29, 0.717) is 5.57 Å². The fourth-order valence-electron chi connectivity index (χ4n) is 3.47. The predicted octanol–water partition coefficient (Wildman–Crippen LogP) is 3.56. The van der Waals surface area contributed by atoms with Crippen molar-refractivity contribution in [2.45, 2.75) is 51.1 Å². The minimum Gasteiger partial charge on any atom is -0.470 e. The molecular weight excluding hydrogens is 359 g/mol. The van der Waals surface area contributed by atoms with Crippen molar-refractivity contribution in [1.29, 1.82) is 0 Å². The highest BCUT2D eigenvalue weighted by molar-refractivity contribution is 5.96. The third-order valence-electron chi connectivity index (χ3n) is 4.88. The van der Waals surface area contributed by atoms with E-state index in [0.717, 1.165) is 58.0 Å². The van der Waals surface area contributed by atoms with Crippen LogP contribution in [0.4, 0.5) is 13.2 Å². The van der Waals surface area contributed by atoms with Gasteiger partial charge in [0.1, 0.15) is 0 Å². The first-order chi connectivity index (χ1) is 12.8. The van der Waals surface area contributed by atoms with E-state index in [2.05, 4.69) is 12.0 Å². The number of carbonyl (C=O) groups is 1. The monoisotopic (exact) mass is 387 g/mol. The van der Waals surface area contributed by atoms with Gasteiger partial charge in [0.05, 0.1) is 0 Å². The fourth-order valence-corrected chi connectivity index (χ4v) is 3.47. The average molecular weight is 387 g/mol. The van der Waals surface area contributed by atoms with E-state index >= 15 is 0 Å². The summed E-state index contributed by atoms with van der Waals surface area (Å²) in [7, 11) is 0. The zero-order valence-electron chi connectivity index (χ0n) is 15.5. The molecule has 2 rings (SSSR count). The molecular formula is C19H28F3N3O2. The molecule has 5 nitrogen and oxygen atoms in total. The predicted molar refractivity (Wildman–Crippen MR) is 97.0 cm³/mol. The highest BCUT2D eigenvalue weighted by atomic mass is 19.4. The molecule has 2 fully saturated rings. The van der Waals surface area contributed by atoms with Gasteiger partial charge in [0.25, 0.3) is 5.91 Å². The van der Waals surface area contributed by atoms with E-state index < -0.39 is 12.8 Å². The number of nitrogens with two attached hydrogens (primary N) is 1. The maximum absolute atomic E-state index is 12.5. The molecule has 3 N–H and O–H groups in total. The summed E-state index contributed by atoms with van der Waals surface area (Å²) in [5.74, 6) is -0.641. The fraction of sp³-hybridized carbons (Fsp3) is 0.632. The molecule has 2 aliphatic rings. The van der Waals surface area contributed by atoms with Gasteiger partial charge in [-0.05, 0) is 37.7 Å². The second-order valence-electron chi connectivity index (χ2n) is 7.00. The van der Waals surface area contributed by atoms with Gasteiger partial charge in [-0.25, -0.2) is 5.01 Å². The van der Waals surface area contributed by atoms with E-state index in [4.69, 9.17) is 10.5 Å². The van der Waals surface area contributed by atoms with Crippen LogP contribution in [0.1, 0.15) is 44.9 Å². The number of rotatable bonds is 7. The van der Waals surface area contributed by atoms with E-state index in [1.54, 1.807) is 0 Å². The van der Waals surface area contributed by atoms with E-state index in [-0.39, 0.29) is 23.3 Å². The topological polar surface area (TPSA) is 67.6 Å². The third-order valence-corrected chi connectivity index (χ3v) is 4.88. The highest BCUT2D eigenvalue weighted by Gasteiger charge is 2.30. The molecule has 0 atom stereocenters. The molecule has 8 heteroatoms. The number of nitrogens with one attached hydrogen (secondary N) is 1. The van der Waals surface area contributed by atoms with Gasteiger partial charge in [0.2, 0.25) is 0 Å². The van der Waals surface area contributed by atoms with Gasteiger partial charge in [-0.2, -0.15) is 13.2 Å². The van der Waals surface area contributed by atoms with Crippen molar-refractivity contribution >= 4 is 5.91 Å². The van der Waals surface area contributed by atoms with Crippen molar-refractivity contribution in [1.82, 2.24) is 10.4 Å². The smallest absolute Gasteiger partial charge is 0.422 e. The second kappa shape index (κ2) is 9.82. The maximum Gasteiger partial charge on any atom is 0.422 e.